The predicted molar refractivity (Wildman–Crippen MR) is 49.0 cm³/mol. The zero-order valence-electron chi connectivity index (χ0n) is 7.15. The van der Waals surface area contributed by atoms with E-state index in [0.717, 1.165) is 0 Å². The Labute approximate surface area is 79.5 Å². The smallest absolute Gasteiger partial charge is 0.250 e. The van der Waals surface area contributed by atoms with E-state index in [1.165, 1.54) is 36.5 Å². The van der Waals surface area contributed by atoms with Gasteiger partial charge in [0.2, 0.25) is 12.1 Å². The quantitative estimate of drug-likeness (QED) is 0.374. The molecule has 0 radical (unpaired) electrons. The van der Waals surface area contributed by atoms with Crippen molar-refractivity contribution in [3.05, 3.63) is 56.7 Å². The van der Waals surface area contributed by atoms with Crippen LogP contribution in [0.4, 0.5) is 0 Å². The molecular weight excluding hydrogens is 188 g/mol. The highest BCUT2D eigenvalue weighted by molar-refractivity contribution is 5.17. The topological polar surface area (TPSA) is 86.3 Å². The molecule has 6 heteroatoms. The van der Waals surface area contributed by atoms with Crippen LogP contribution in [-0.2, 0) is 0 Å². The first kappa shape index (κ1) is 10.1. The molecule has 2 atom stereocenters. The molecule has 1 rings (SSSR count). The highest BCUT2D eigenvalue weighted by atomic mass is 16.6. The minimum absolute atomic E-state index is 0.511. The Morgan fingerprint density at radius 1 is 0.786 bits per heavy atom. The summed E-state index contributed by atoms with van der Waals surface area (Å²) >= 11 is 0. The average Bonchev–Trinajstić information content (AvgIpc) is 2.01. The molecule has 0 aliphatic heterocycles. The van der Waals surface area contributed by atoms with Crippen molar-refractivity contribution in [2.45, 2.75) is 12.1 Å². The largest absolute Gasteiger partial charge is 0.264 e. The lowest BCUT2D eigenvalue weighted by Crippen LogP contribution is -2.18. The number of hydrogen-bond donors (Lipinski definition) is 0. The zero-order valence-corrected chi connectivity index (χ0v) is 7.15. The second-order valence-electron chi connectivity index (χ2n) is 2.71. The minimum atomic E-state index is -0.984. The average molecular weight is 196 g/mol. The summed E-state index contributed by atoms with van der Waals surface area (Å²) in [6, 6.07) is -1.97. The molecule has 0 aromatic carbocycles. The summed E-state index contributed by atoms with van der Waals surface area (Å²) in [6.45, 7) is 0. The molecule has 0 fully saturated rings. The summed E-state index contributed by atoms with van der Waals surface area (Å²) in [7, 11) is 0. The van der Waals surface area contributed by atoms with Gasteiger partial charge in [0.05, 0.1) is 0 Å². The fourth-order valence-electron chi connectivity index (χ4n) is 0.993. The Hall–Kier alpha value is -1.98. The first-order valence-electron chi connectivity index (χ1n) is 3.91. The third-order valence-corrected chi connectivity index (χ3v) is 1.72. The molecule has 1 aliphatic rings. The summed E-state index contributed by atoms with van der Waals surface area (Å²) < 4.78 is 0. The molecule has 0 aromatic rings. The van der Waals surface area contributed by atoms with Gasteiger partial charge in [0.15, 0.2) is 0 Å². The van der Waals surface area contributed by atoms with Gasteiger partial charge in [-0.25, -0.2) is 0 Å². The van der Waals surface area contributed by atoms with E-state index < -0.39 is 21.9 Å². The molecule has 0 bridgehead atoms. The molecule has 1 aliphatic carbocycles. The molecule has 0 saturated carbocycles. The lowest BCUT2D eigenvalue weighted by molar-refractivity contribution is -0.501. The molecule has 6 nitrogen and oxygen atoms in total. The summed E-state index contributed by atoms with van der Waals surface area (Å²) in [5, 5.41) is 20.8. The van der Waals surface area contributed by atoms with Crippen LogP contribution in [0.1, 0.15) is 0 Å². The van der Waals surface area contributed by atoms with Crippen LogP contribution in [-0.4, -0.2) is 21.9 Å². The van der Waals surface area contributed by atoms with E-state index in [4.69, 9.17) is 0 Å². The summed E-state index contributed by atoms with van der Waals surface area (Å²) in [4.78, 5) is 19.8. The predicted octanol–water partition coefficient (Wildman–Crippen LogP) is 0.959. The van der Waals surface area contributed by atoms with Crippen molar-refractivity contribution in [2.24, 2.45) is 0 Å². The summed E-state index contributed by atoms with van der Waals surface area (Å²) in [6.07, 6.45) is 8.04. The van der Waals surface area contributed by atoms with Gasteiger partial charge in [-0.15, -0.1) is 0 Å². The molecule has 0 saturated heterocycles. The monoisotopic (exact) mass is 196 g/mol. The zero-order chi connectivity index (χ0) is 10.6. The van der Waals surface area contributed by atoms with Crippen LogP contribution >= 0.6 is 0 Å². The van der Waals surface area contributed by atoms with Crippen LogP contribution in [0.15, 0.2) is 36.5 Å². The normalized spacial score (nSPS) is 25.4. The Bertz CT molecular complexity index is 300. The Morgan fingerprint density at radius 2 is 1.14 bits per heavy atom. The van der Waals surface area contributed by atoms with Gasteiger partial charge in [0.1, 0.15) is 0 Å². The fraction of sp³-hybridized carbons (Fsp3) is 0.250. The van der Waals surface area contributed by atoms with Gasteiger partial charge >= 0.3 is 0 Å². The van der Waals surface area contributed by atoms with Gasteiger partial charge < -0.3 is 0 Å². The van der Waals surface area contributed by atoms with Gasteiger partial charge in [0.25, 0.3) is 0 Å². The van der Waals surface area contributed by atoms with Crippen molar-refractivity contribution < 1.29 is 9.85 Å². The summed E-state index contributed by atoms with van der Waals surface area (Å²) in [5.74, 6) is 0. The molecule has 2 unspecified atom stereocenters. The molecule has 74 valence electrons. The number of allylic oxidation sites excluding steroid dienone is 2. The SMILES string of the molecule is O=[N+]([O-])C1C=CC=CC([N+](=O)[O-])C=C1. The molecule has 0 aromatic heterocycles. The van der Waals surface area contributed by atoms with E-state index >= 15 is 0 Å². The van der Waals surface area contributed by atoms with E-state index in [2.05, 4.69) is 0 Å². The van der Waals surface area contributed by atoms with Crippen LogP contribution in [0.25, 0.3) is 0 Å². The first-order chi connectivity index (χ1) is 6.61. The van der Waals surface area contributed by atoms with Gasteiger partial charge in [-0.2, -0.15) is 0 Å². The van der Waals surface area contributed by atoms with Crippen molar-refractivity contribution in [2.75, 3.05) is 0 Å². The van der Waals surface area contributed by atoms with Crippen LogP contribution in [0.5, 0.6) is 0 Å². The first-order valence-corrected chi connectivity index (χ1v) is 3.91. The third kappa shape index (κ3) is 2.51. The third-order valence-electron chi connectivity index (χ3n) is 1.72. The van der Waals surface area contributed by atoms with E-state index in [1.807, 2.05) is 0 Å². The van der Waals surface area contributed by atoms with E-state index in [1.54, 1.807) is 0 Å². The lowest BCUT2D eigenvalue weighted by Gasteiger charge is -2.02. The van der Waals surface area contributed by atoms with Crippen LogP contribution in [0.3, 0.4) is 0 Å². The summed E-state index contributed by atoms with van der Waals surface area (Å²) in [5.41, 5.74) is 0. The Balaban J connectivity index is 2.88. The van der Waals surface area contributed by atoms with Gasteiger partial charge in [-0.1, -0.05) is 12.2 Å². The second-order valence-corrected chi connectivity index (χ2v) is 2.71. The lowest BCUT2D eigenvalue weighted by atomic mass is 10.1. The highest BCUT2D eigenvalue weighted by Crippen LogP contribution is 2.04. The molecule has 0 spiro atoms. The number of hydrogen-bond acceptors (Lipinski definition) is 4. The van der Waals surface area contributed by atoms with Crippen LogP contribution in [0.2, 0.25) is 0 Å². The number of nitro groups is 2. The maximum atomic E-state index is 10.4. The van der Waals surface area contributed by atoms with Gasteiger partial charge in [0, 0.05) is 9.85 Å². The highest BCUT2D eigenvalue weighted by Gasteiger charge is 2.17. The van der Waals surface area contributed by atoms with E-state index in [-0.39, 0.29) is 0 Å². The molecule has 0 heterocycles. The molecule has 0 amide bonds. The molecule has 0 N–H and O–H groups in total. The number of nitrogens with zero attached hydrogens (tertiary/aromatic N) is 2. The van der Waals surface area contributed by atoms with Crippen molar-refractivity contribution in [3.63, 3.8) is 0 Å². The van der Waals surface area contributed by atoms with Gasteiger partial charge in [-0.05, 0) is 24.3 Å². The van der Waals surface area contributed by atoms with Crippen molar-refractivity contribution in [3.8, 4) is 0 Å². The Morgan fingerprint density at radius 3 is 1.43 bits per heavy atom. The van der Waals surface area contributed by atoms with E-state index in [0.29, 0.717) is 0 Å². The van der Waals surface area contributed by atoms with Crippen molar-refractivity contribution in [1.29, 1.82) is 0 Å². The standard InChI is InChI=1S/C8H8N2O4/c11-9(12)7-3-1-2-4-8(6-5-7)10(13)14/h1-8H. The molecule has 14 heavy (non-hydrogen) atoms. The number of rotatable bonds is 2. The molecular formula is C8H8N2O4. The van der Waals surface area contributed by atoms with Crippen LogP contribution in [0, 0.1) is 20.2 Å². The Kier molecular flexibility index (Phi) is 3.11. The van der Waals surface area contributed by atoms with E-state index in [9.17, 15) is 20.2 Å². The van der Waals surface area contributed by atoms with Crippen molar-refractivity contribution in [1.82, 2.24) is 0 Å². The maximum Gasteiger partial charge on any atom is 0.250 e. The van der Waals surface area contributed by atoms with Crippen LogP contribution < -0.4 is 0 Å². The second kappa shape index (κ2) is 4.31. The maximum absolute atomic E-state index is 10.4. The van der Waals surface area contributed by atoms with Gasteiger partial charge in [-0.3, -0.25) is 20.2 Å². The fourth-order valence-corrected chi connectivity index (χ4v) is 0.993. The van der Waals surface area contributed by atoms with Crippen molar-refractivity contribution >= 4 is 0 Å². The minimum Gasteiger partial charge on any atom is -0.264 e.